The van der Waals surface area contributed by atoms with Crippen LogP contribution in [0.3, 0.4) is 0 Å². The van der Waals surface area contributed by atoms with Gasteiger partial charge in [-0.1, -0.05) is 48.0 Å². The summed E-state index contributed by atoms with van der Waals surface area (Å²) in [5, 5.41) is 2.88. The van der Waals surface area contributed by atoms with E-state index in [2.05, 4.69) is 17.4 Å². The maximum atomic E-state index is 12.3. The van der Waals surface area contributed by atoms with Crippen LogP contribution in [0, 0.1) is 6.92 Å². The summed E-state index contributed by atoms with van der Waals surface area (Å²) >= 11 is 0. The number of nitrogens with one attached hydrogen (secondary N) is 1. The number of hydrogen-bond donors (Lipinski definition) is 1. The standard InChI is InChI=1S/C20H25NO3S/c1-16-8-12-19(13-9-16)25(23,24)15-14-20(22)21-17(2)10-11-18-6-4-3-5-7-18/h3-9,12-13,17H,10-11,14-15H2,1-2H3,(H,21,22)/t17-/m1/s1. The van der Waals surface area contributed by atoms with E-state index in [1.165, 1.54) is 5.56 Å². The van der Waals surface area contributed by atoms with Crippen LogP contribution in [0.1, 0.15) is 30.9 Å². The predicted octanol–water partition coefficient (Wildman–Crippen LogP) is 3.30. The monoisotopic (exact) mass is 359 g/mol. The van der Waals surface area contributed by atoms with Crippen LogP contribution in [0.2, 0.25) is 0 Å². The van der Waals surface area contributed by atoms with Crippen LogP contribution in [0.5, 0.6) is 0 Å². The van der Waals surface area contributed by atoms with Gasteiger partial charge in [-0.15, -0.1) is 0 Å². The minimum atomic E-state index is -3.42. The number of sulfone groups is 1. The van der Waals surface area contributed by atoms with Gasteiger partial charge >= 0.3 is 0 Å². The van der Waals surface area contributed by atoms with E-state index in [4.69, 9.17) is 0 Å². The third-order valence-corrected chi connectivity index (χ3v) is 5.83. The second-order valence-electron chi connectivity index (χ2n) is 6.37. The van der Waals surface area contributed by atoms with E-state index in [0.717, 1.165) is 18.4 Å². The van der Waals surface area contributed by atoms with Crippen molar-refractivity contribution in [2.24, 2.45) is 0 Å². The summed E-state index contributed by atoms with van der Waals surface area (Å²) in [6.07, 6.45) is 1.68. The first-order chi connectivity index (χ1) is 11.9. The second kappa shape index (κ2) is 8.81. The lowest BCUT2D eigenvalue weighted by atomic mass is 10.1. The molecular formula is C20H25NO3S. The van der Waals surface area contributed by atoms with Crippen LogP contribution in [0.15, 0.2) is 59.5 Å². The van der Waals surface area contributed by atoms with E-state index in [1.54, 1.807) is 24.3 Å². The van der Waals surface area contributed by atoms with Crippen LogP contribution >= 0.6 is 0 Å². The quantitative estimate of drug-likeness (QED) is 0.786. The SMILES string of the molecule is Cc1ccc(S(=O)(=O)CCC(=O)N[C@H](C)CCc2ccccc2)cc1. The van der Waals surface area contributed by atoms with Gasteiger partial charge in [0.1, 0.15) is 0 Å². The fourth-order valence-corrected chi connectivity index (χ4v) is 3.78. The molecule has 25 heavy (non-hydrogen) atoms. The highest BCUT2D eigenvalue weighted by atomic mass is 32.2. The summed E-state index contributed by atoms with van der Waals surface area (Å²) in [6.45, 7) is 3.84. The summed E-state index contributed by atoms with van der Waals surface area (Å²) in [7, 11) is -3.42. The molecule has 0 saturated carbocycles. The van der Waals surface area contributed by atoms with Crippen molar-refractivity contribution in [3.63, 3.8) is 0 Å². The lowest BCUT2D eigenvalue weighted by Gasteiger charge is -2.14. The number of hydrogen-bond acceptors (Lipinski definition) is 3. The highest BCUT2D eigenvalue weighted by molar-refractivity contribution is 7.91. The van der Waals surface area contributed by atoms with Crippen molar-refractivity contribution >= 4 is 15.7 Å². The Bertz CT molecular complexity index is 783. The average Bonchev–Trinajstić information content (AvgIpc) is 2.60. The Labute approximate surface area is 150 Å². The second-order valence-corrected chi connectivity index (χ2v) is 8.48. The molecule has 134 valence electrons. The molecule has 1 N–H and O–H groups in total. The van der Waals surface area contributed by atoms with Crippen molar-refractivity contribution in [1.82, 2.24) is 5.32 Å². The molecule has 2 aromatic rings. The van der Waals surface area contributed by atoms with Gasteiger partial charge < -0.3 is 5.32 Å². The number of carbonyl (C=O) groups is 1. The van der Waals surface area contributed by atoms with Gasteiger partial charge in [-0.3, -0.25) is 4.79 Å². The molecule has 2 rings (SSSR count). The van der Waals surface area contributed by atoms with Crippen molar-refractivity contribution in [2.75, 3.05) is 5.75 Å². The zero-order chi connectivity index (χ0) is 18.3. The van der Waals surface area contributed by atoms with Crippen molar-refractivity contribution < 1.29 is 13.2 Å². The first-order valence-corrected chi connectivity index (χ1v) is 10.1. The zero-order valence-corrected chi connectivity index (χ0v) is 15.6. The predicted molar refractivity (Wildman–Crippen MR) is 100 cm³/mol. The summed E-state index contributed by atoms with van der Waals surface area (Å²) in [4.78, 5) is 12.3. The van der Waals surface area contributed by atoms with E-state index >= 15 is 0 Å². The molecule has 0 aliphatic rings. The number of benzene rings is 2. The van der Waals surface area contributed by atoms with Crippen LogP contribution < -0.4 is 5.32 Å². The fraction of sp³-hybridized carbons (Fsp3) is 0.350. The van der Waals surface area contributed by atoms with Crippen molar-refractivity contribution in [3.05, 3.63) is 65.7 Å². The van der Waals surface area contributed by atoms with Gasteiger partial charge in [-0.25, -0.2) is 8.42 Å². The van der Waals surface area contributed by atoms with Gasteiger partial charge in [-0.2, -0.15) is 0 Å². The largest absolute Gasteiger partial charge is 0.354 e. The van der Waals surface area contributed by atoms with Crippen molar-refractivity contribution in [3.8, 4) is 0 Å². The highest BCUT2D eigenvalue weighted by Gasteiger charge is 2.17. The minimum absolute atomic E-state index is 0.00906. The van der Waals surface area contributed by atoms with Crippen molar-refractivity contribution in [2.45, 2.75) is 44.0 Å². The first kappa shape index (κ1) is 19.2. The molecule has 0 saturated heterocycles. The zero-order valence-electron chi connectivity index (χ0n) is 14.7. The van der Waals surface area contributed by atoms with Gasteiger partial charge in [0, 0.05) is 12.5 Å². The minimum Gasteiger partial charge on any atom is -0.354 e. The molecule has 0 bridgehead atoms. The summed E-state index contributed by atoms with van der Waals surface area (Å²) in [5.41, 5.74) is 2.23. The third kappa shape index (κ3) is 6.35. The molecule has 0 spiro atoms. The molecule has 0 fully saturated rings. The molecule has 1 amide bonds. The summed E-state index contributed by atoms with van der Waals surface area (Å²) in [5.74, 6) is -0.399. The van der Waals surface area contributed by atoms with E-state index in [9.17, 15) is 13.2 Å². The Hall–Kier alpha value is -2.14. The lowest BCUT2D eigenvalue weighted by molar-refractivity contribution is -0.121. The first-order valence-electron chi connectivity index (χ1n) is 8.49. The molecule has 2 aromatic carbocycles. The number of amides is 1. The van der Waals surface area contributed by atoms with Crippen LogP contribution in [0.4, 0.5) is 0 Å². The normalized spacial score (nSPS) is 12.6. The molecule has 0 heterocycles. The van der Waals surface area contributed by atoms with Gasteiger partial charge in [0.2, 0.25) is 5.91 Å². The van der Waals surface area contributed by atoms with Crippen LogP contribution in [-0.2, 0) is 21.1 Å². The molecule has 1 atom stereocenters. The Balaban J connectivity index is 1.78. The lowest BCUT2D eigenvalue weighted by Crippen LogP contribution is -2.33. The smallest absolute Gasteiger partial charge is 0.221 e. The van der Waals surface area contributed by atoms with Crippen LogP contribution in [0.25, 0.3) is 0 Å². The van der Waals surface area contributed by atoms with Gasteiger partial charge in [-0.05, 0) is 44.4 Å². The van der Waals surface area contributed by atoms with E-state index in [0.29, 0.717) is 0 Å². The van der Waals surface area contributed by atoms with Gasteiger partial charge in [0.25, 0.3) is 0 Å². The van der Waals surface area contributed by atoms with E-state index < -0.39 is 9.84 Å². The van der Waals surface area contributed by atoms with Gasteiger partial charge in [0.15, 0.2) is 9.84 Å². The molecule has 0 aliphatic carbocycles. The maximum Gasteiger partial charge on any atom is 0.221 e. The van der Waals surface area contributed by atoms with Crippen LogP contribution in [-0.4, -0.2) is 26.1 Å². The summed E-state index contributed by atoms with van der Waals surface area (Å²) < 4.78 is 24.5. The highest BCUT2D eigenvalue weighted by Crippen LogP contribution is 2.13. The molecule has 0 aliphatic heterocycles. The third-order valence-electron chi connectivity index (χ3n) is 4.09. The molecule has 0 unspecified atom stereocenters. The molecule has 5 heteroatoms. The molecule has 4 nitrogen and oxygen atoms in total. The van der Waals surface area contributed by atoms with E-state index in [1.807, 2.05) is 32.0 Å². The average molecular weight is 359 g/mol. The Morgan fingerprint density at radius 1 is 1.04 bits per heavy atom. The number of rotatable bonds is 8. The summed E-state index contributed by atoms with van der Waals surface area (Å²) in [6, 6.07) is 16.8. The molecule has 0 radical (unpaired) electrons. The topological polar surface area (TPSA) is 63.2 Å². The molecular weight excluding hydrogens is 334 g/mol. The van der Waals surface area contributed by atoms with Gasteiger partial charge in [0.05, 0.1) is 10.6 Å². The Kier molecular flexibility index (Phi) is 6.76. The maximum absolute atomic E-state index is 12.3. The Morgan fingerprint density at radius 3 is 2.32 bits per heavy atom. The van der Waals surface area contributed by atoms with E-state index in [-0.39, 0.29) is 29.0 Å². The molecule has 0 aromatic heterocycles. The number of aryl methyl sites for hydroxylation is 2. The Morgan fingerprint density at radius 2 is 1.68 bits per heavy atom. The van der Waals surface area contributed by atoms with Crippen molar-refractivity contribution in [1.29, 1.82) is 0 Å². The fourth-order valence-electron chi connectivity index (χ4n) is 2.54. The number of carbonyl (C=O) groups excluding carboxylic acids is 1.